The Hall–Kier alpha value is -1.76. The number of hydrogen-bond donors (Lipinski definition) is 0. The molecule has 0 aliphatic rings. The Bertz CT molecular complexity index is 659. The minimum absolute atomic E-state index is 0.502. The van der Waals surface area contributed by atoms with Crippen LogP contribution >= 0.6 is 0 Å². The van der Waals surface area contributed by atoms with Gasteiger partial charge in [0.1, 0.15) is 5.75 Å². The summed E-state index contributed by atoms with van der Waals surface area (Å²) in [5.74, 6) is 2.03. The van der Waals surface area contributed by atoms with Crippen LogP contribution in [0.5, 0.6) is 5.75 Å². The molecule has 0 radical (unpaired) electrons. The zero-order valence-corrected chi connectivity index (χ0v) is 15.7. The van der Waals surface area contributed by atoms with Gasteiger partial charge in [0.15, 0.2) is 0 Å². The summed E-state index contributed by atoms with van der Waals surface area (Å²) < 4.78 is 5.39. The molecular weight excluding hydrogens is 280 g/mol. The van der Waals surface area contributed by atoms with Crippen molar-refractivity contribution in [3.8, 4) is 5.75 Å². The number of ether oxygens (including phenoxy) is 1. The minimum Gasteiger partial charge on any atom is -0.497 e. The molecule has 0 N–H and O–H groups in total. The Morgan fingerprint density at radius 1 is 0.957 bits per heavy atom. The van der Waals surface area contributed by atoms with Crippen molar-refractivity contribution in [1.29, 1.82) is 0 Å². The molecule has 0 bridgehead atoms. The first-order chi connectivity index (χ1) is 10.8. The Balaban J connectivity index is 2.33. The van der Waals surface area contributed by atoms with Crippen LogP contribution in [-0.2, 0) is 6.42 Å². The van der Waals surface area contributed by atoms with Crippen molar-refractivity contribution in [2.45, 2.75) is 59.8 Å². The van der Waals surface area contributed by atoms with Crippen molar-refractivity contribution >= 4 is 0 Å². The van der Waals surface area contributed by atoms with Gasteiger partial charge in [-0.2, -0.15) is 0 Å². The molecule has 2 rings (SSSR count). The highest BCUT2D eigenvalue weighted by Crippen LogP contribution is 2.32. The summed E-state index contributed by atoms with van der Waals surface area (Å²) in [5.41, 5.74) is 8.51. The SMILES string of the molecule is COc1cc(C)c(C(C)Cc2cccc(C(C)C)c2C)c(C)c1. The quantitative estimate of drug-likeness (QED) is 0.649. The number of methoxy groups -OCH3 is 1. The molecule has 0 aliphatic heterocycles. The van der Waals surface area contributed by atoms with Crippen LogP contribution in [0.1, 0.15) is 66.0 Å². The van der Waals surface area contributed by atoms with E-state index in [0.29, 0.717) is 11.8 Å². The van der Waals surface area contributed by atoms with Crippen LogP contribution in [0.25, 0.3) is 0 Å². The van der Waals surface area contributed by atoms with Crippen LogP contribution in [0, 0.1) is 20.8 Å². The standard InChI is InChI=1S/C22H30O/c1-14(2)21-10-8-9-19(18(21)6)11-15(3)22-16(4)12-20(23-7)13-17(22)5/h8-10,12-15H,11H2,1-7H3. The second-order valence-corrected chi connectivity index (χ2v) is 7.07. The van der Waals surface area contributed by atoms with E-state index in [0.717, 1.165) is 12.2 Å². The van der Waals surface area contributed by atoms with Gasteiger partial charge in [-0.25, -0.2) is 0 Å². The van der Waals surface area contributed by atoms with Crippen LogP contribution in [0.4, 0.5) is 0 Å². The average Bonchev–Trinajstić information content (AvgIpc) is 2.48. The van der Waals surface area contributed by atoms with E-state index < -0.39 is 0 Å². The zero-order valence-electron chi connectivity index (χ0n) is 15.7. The van der Waals surface area contributed by atoms with E-state index >= 15 is 0 Å². The fraction of sp³-hybridized carbons (Fsp3) is 0.455. The number of benzene rings is 2. The van der Waals surface area contributed by atoms with Gasteiger partial charge in [0, 0.05) is 0 Å². The Morgan fingerprint density at radius 3 is 2.09 bits per heavy atom. The second-order valence-electron chi connectivity index (χ2n) is 7.07. The molecule has 2 aromatic rings. The Morgan fingerprint density at radius 2 is 1.57 bits per heavy atom. The topological polar surface area (TPSA) is 9.23 Å². The molecule has 2 aromatic carbocycles. The first-order valence-corrected chi connectivity index (χ1v) is 8.58. The fourth-order valence-electron chi connectivity index (χ4n) is 3.81. The van der Waals surface area contributed by atoms with Crippen LogP contribution in [0.3, 0.4) is 0 Å². The first kappa shape index (κ1) is 17.6. The van der Waals surface area contributed by atoms with E-state index in [2.05, 4.69) is 71.9 Å². The van der Waals surface area contributed by atoms with E-state index in [1.807, 2.05) is 0 Å². The molecule has 124 valence electrons. The lowest BCUT2D eigenvalue weighted by molar-refractivity contribution is 0.414. The second kappa shape index (κ2) is 7.21. The Kier molecular flexibility index (Phi) is 5.51. The van der Waals surface area contributed by atoms with Crippen molar-refractivity contribution in [3.63, 3.8) is 0 Å². The van der Waals surface area contributed by atoms with Gasteiger partial charge in [-0.15, -0.1) is 0 Å². The monoisotopic (exact) mass is 310 g/mol. The van der Waals surface area contributed by atoms with Gasteiger partial charge in [-0.1, -0.05) is 39.0 Å². The summed E-state index contributed by atoms with van der Waals surface area (Å²) in [4.78, 5) is 0. The van der Waals surface area contributed by atoms with Crippen molar-refractivity contribution in [3.05, 3.63) is 63.7 Å². The maximum Gasteiger partial charge on any atom is 0.119 e. The van der Waals surface area contributed by atoms with E-state index in [9.17, 15) is 0 Å². The van der Waals surface area contributed by atoms with Crippen molar-refractivity contribution in [1.82, 2.24) is 0 Å². The average molecular weight is 310 g/mol. The summed E-state index contributed by atoms with van der Waals surface area (Å²) in [6.45, 7) is 13.5. The molecule has 1 unspecified atom stereocenters. The third-order valence-electron chi connectivity index (χ3n) is 4.93. The molecule has 0 saturated carbocycles. The van der Waals surface area contributed by atoms with E-state index in [4.69, 9.17) is 4.74 Å². The molecule has 1 nitrogen and oxygen atoms in total. The van der Waals surface area contributed by atoms with Crippen molar-refractivity contribution in [2.24, 2.45) is 0 Å². The number of aryl methyl sites for hydroxylation is 2. The van der Waals surface area contributed by atoms with Gasteiger partial charge >= 0.3 is 0 Å². The number of rotatable bonds is 5. The lowest BCUT2D eigenvalue weighted by Gasteiger charge is -2.21. The molecule has 0 aromatic heterocycles. The summed E-state index contributed by atoms with van der Waals surface area (Å²) >= 11 is 0. The first-order valence-electron chi connectivity index (χ1n) is 8.58. The lowest BCUT2D eigenvalue weighted by Crippen LogP contribution is -2.06. The van der Waals surface area contributed by atoms with Gasteiger partial charge in [-0.05, 0) is 84.5 Å². The third-order valence-corrected chi connectivity index (χ3v) is 4.93. The Labute approximate surface area is 141 Å². The molecule has 0 spiro atoms. The van der Waals surface area contributed by atoms with Crippen LogP contribution in [0.15, 0.2) is 30.3 Å². The van der Waals surface area contributed by atoms with Crippen LogP contribution < -0.4 is 4.74 Å². The highest BCUT2D eigenvalue weighted by Gasteiger charge is 2.16. The molecule has 0 amide bonds. The molecule has 0 fully saturated rings. The smallest absolute Gasteiger partial charge is 0.119 e. The van der Waals surface area contributed by atoms with Crippen molar-refractivity contribution in [2.75, 3.05) is 7.11 Å². The molecule has 0 heterocycles. The van der Waals surface area contributed by atoms with E-state index in [-0.39, 0.29) is 0 Å². The molecule has 1 atom stereocenters. The van der Waals surface area contributed by atoms with Gasteiger partial charge in [-0.3, -0.25) is 0 Å². The summed E-state index contributed by atoms with van der Waals surface area (Å²) in [6, 6.07) is 11.1. The predicted octanol–water partition coefficient (Wildman–Crippen LogP) is 6.09. The molecule has 1 heteroatoms. The van der Waals surface area contributed by atoms with Gasteiger partial charge in [0.2, 0.25) is 0 Å². The number of hydrogen-bond acceptors (Lipinski definition) is 1. The van der Waals surface area contributed by atoms with E-state index in [1.54, 1.807) is 7.11 Å². The summed E-state index contributed by atoms with van der Waals surface area (Å²) in [5, 5.41) is 0. The van der Waals surface area contributed by atoms with E-state index in [1.165, 1.54) is 33.4 Å². The van der Waals surface area contributed by atoms with Gasteiger partial charge in [0.05, 0.1) is 7.11 Å². The zero-order chi connectivity index (χ0) is 17.1. The van der Waals surface area contributed by atoms with Crippen molar-refractivity contribution < 1.29 is 4.74 Å². The van der Waals surface area contributed by atoms with Gasteiger partial charge in [0.25, 0.3) is 0 Å². The third kappa shape index (κ3) is 3.77. The predicted molar refractivity (Wildman–Crippen MR) is 99.9 cm³/mol. The highest BCUT2D eigenvalue weighted by atomic mass is 16.5. The minimum atomic E-state index is 0.502. The maximum absolute atomic E-state index is 5.39. The fourth-order valence-corrected chi connectivity index (χ4v) is 3.81. The highest BCUT2D eigenvalue weighted by molar-refractivity contribution is 5.44. The lowest BCUT2D eigenvalue weighted by atomic mass is 9.84. The normalized spacial score (nSPS) is 12.5. The molecule has 0 saturated heterocycles. The largest absolute Gasteiger partial charge is 0.497 e. The van der Waals surface area contributed by atoms with Gasteiger partial charge < -0.3 is 4.74 Å². The molecule has 0 aliphatic carbocycles. The van der Waals surface area contributed by atoms with Crippen LogP contribution in [-0.4, -0.2) is 7.11 Å². The summed E-state index contributed by atoms with van der Waals surface area (Å²) in [7, 11) is 1.73. The molecular formula is C22H30O. The summed E-state index contributed by atoms with van der Waals surface area (Å²) in [6.07, 6.45) is 1.08. The van der Waals surface area contributed by atoms with Crippen LogP contribution in [0.2, 0.25) is 0 Å². The molecule has 23 heavy (non-hydrogen) atoms. The maximum atomic E-state index is 5.39.